The summed E-state index contributed by atoms with van der Waals surface area (Å²) in [6.07, 6.45) is 2.84. The molecular formula is C26H31N3O3. The molecule has 3 aromatic rings. The van der Waals surface area contributed by atoms with Crippen LogP contribution in [0.25, 0.3) is 0 Å². The van der Waals surface area contributed by atoms with E-state index in [0.717, 1.165) is 41.4 Å². The van der Waals surface area contributed by atoms with E-state index in [1.54, 1.807) is 0 Å². The van der Waals surface area contributed by atoms with Gasteiger partial charge in [-0.1, -0.05) is 35.5 Å². The van der Waals surface area contributed by atoms with Gasteiger partial charge >= 0.3 is 0 Å². The molecule has 0 radical (unpaired) electrons. The quantitative estimate of drug-likeness (QED) is 0.517. The number of para-hydroxylation sites is 1. The van der Waals surface area contributed by atoms with E-state index in [1.807, 2.05) is 50.1 Å². The van der Waals surface area contributed by atoms with Crippen LogP contribution in [0.2, 0.25) is 0 Å². The van der Waals surface area contributed by atoms with E-state index in [9.17, 15) is 4.79 Å². The lowest BCUT2D eigenvalue weighted by atomic mass is 10.1. The number of hydrogen-bond donors (Lipinski definition) is 0. The molecule has 0 atom stereocenters. The van der Waals surface area contributed by atoms with Crippen LogP contribution >= 0.6 is 0 Å². The van der Waals surface area contributed by atoms with Gasteiger partial charge in [-0.15, -0.1) is 0 Å². The van der Waals surface area contributed by atoms with Crippen molar-refractivity contribution in [1.82, 2.24) is 10.1 Å². The number of benzene rings is 2. The maximum Gasteiger partial charge on any atom is 0.227 e. The van der Waals surface area contributed by atoms with Crippen LogP contribution in [0.1, 0.15) is 41.0 Å². The SMILES string of the molecule is Cc1noc(C)c1COc1ccc(CC(=O)N(C)Cc2ccccc2N2CCCC2)cc1. The maximum atomic E-state index is 12.9. The molecule has 0 saturated carbocycles. The van der Waals surface area contributed by atoms with E-state index < -0.39 is 0 Å². The predicted octanol–water partition coefficient (Wildman–Crippen LogP) is 4.67. The van der Waals surface area contributed by atoms with Crippen LogP contribution < -0.4 is 9.64 Å². The predicted molar refractivity (Wildman–Crippen MR) is 125 cm³/mol. The molecule has 1 fully saturated rings. The lowest BCUT2D eigenvalue weighted by Gasteiger charge is -2.24. The maximum absolute atomic E-state index is 12.9. The van der Waals surface area contributed by atoms with Crippen LogP contribution in [0.15, 0.2) is 53.1 Å². The molecule has 0 aliphatic carbocycles. The molecule has 2 aromatic carbocycles. The molecule has 6 nitrogen and oxygen atoms in total. The van der Waals surface area contributed by atoms with Gasteiger partial charge in [0.1, 0.15) is 18.1 Å². The van der Waals surface area contributed by atoms with Crippen molar-refractivity contribution in [3.05, 3.63) is 76.7 Å². The number of aryl methyl sites for hydroxylation is 2. The molecule has 1 saturated heterocycles. The highest BCUT2D eigenvalue weighted by molar-refractivity contribution is 5.78. The molecule has 4 rings (SSSR count). The zero-order valence-electron chi connectivity index (χ0n) is 19.1. The Kier molecular flexibility index (Phi) is 6.78. The summed E-state index contributed by atoms with van der Waals surface area (Å²) in [5.74, 6) is 1.64. The second kappa shape index (κ2) is 9.90. The average molecular weight is 434 g/mol. The second-order valence-electron chi connectivity index (χ2n) is 8.48. The molecule has 2 heterocycles. The van der Waals surface area contributed by atoms with E-state index in [0.29, 0.717) is 19.6 Å². The van der Waals surface area contributed by atoms with Crippen LogP contribution in [-0.4, -0.2) is 36.1 Å². The highest BCUT2D eigenvalue weighted by Crippen LogP contribution is 2.25. The fourth-order valence-electron chi connectivity index (χ4n) is 4.13. The molecule has 168 valence electrons. The summed E-state index contributed by atoms with van der Waals surface area (Å²) in [5.41, 5.74) is 5.25. The molecule has 0 unspecified atom stereocenters. The Morgan fingerprint density at radius 1 is 1.09 bits per heavy atom. The summed E-state index contributed by atoms with van der Waals surface area (Å²) in [5, 5.41) is 3.95. The van der Waals surface area contributed by atoms with Crippen LogP contribution in [0.4, 0.5) is 5.69 Å². The van der Waals surface area contributed by atoms with Gasteiger partial charge in [0.2, 0.25) is 5.91 Å². The first-order chi connectivity index (χ1) is 15.5. The van der Waals surface area contributed by atoms with Gasteiger partial charge in [0.05, 0.1) is 17.7 Å². The molecule has 1 amide bonds. The number of amides is 1. The first kappa shape index (κ1) is 21.9. The van der Waals surface area contributed by atoms with Crippen LogP contribution in [0, 0.1) is 13.8 Å². The molecule has 1 aromatic heterocycles. The lowest BCUT2D eigenvalue weighted by molar-refractivity contribution is -0.129. The number of carbonyl (C=O) groups excluding carboxylic acids is 1. The van der Waals surface area contributed by atoms with Crippen molar-refractivity contribution in [1.29, 1.82) is 0 Å². The fraction of sp³-hybridized carbons (Fsp3) is 0.385. The lowest BCUT2D eigenvalue weighted by Crippen LogP contribution is -2.29. The minimum atomic E-state index is 0.102. The van der Waals surface area contributed by atoms with Gasteiger partial charge in [-0.2, -0.15) is 0 Å². The summed E-state index contributed by atoms with van der Waals surface area (Å²) in [6.45, 7) is 7.01. The number of likely N-dealkylation sites (N-methyl/N-ethyl adjacent to an activating group) is 1. The third kappa shape index (κ3) is 5.13. The third-order valence-corrected chi connectivity index (χ3v) is 6.11. The van der Waals surface area contributed by atoms with E-state index >= 15 is 0 Å². The van der Waals surface area contributed by atoms with Crippen molar-refractivity contribution in [2.24, 2.45) is 0 Å². The number of anilines is 1. The number of carbonyl (C=O) groups is 1. The first-order valence-electron chi connectivity index (χ1n) is 11.2. The monoisotopic (exact) mass is 433 g/mol. The zero-order valence-corrected chi connectivity index (χ0v) is 19.1. The van der Waals surface area contributed by atoms with Gasteiger partial charge in [0.25, 0.3) is 0 Å². The number of aromatic nitrogens is 1. The molecule has 0 N–H and O–H groups in total. The van der Waals surface area contributed by atoms with Crippen molar-refractivity contribution < 1.29 is 14.1 Å². The van der Waals surface area contributed by atoms with Crippen molar-refractivity contribution in [3.63, 3.8) is 0 Å². The Labute approximate surface area is 189 Å². The van der Waals surface area contributed by atoms with Crippen molar-refractivity contribution >= 4 is 11.6 Å². The molecule has 0 bridgehead atoms. The summed E-state index contributed by atoms with van der Waals surface area (Å²) in [6, 6.07) is 16.1. The van der Waals surface area contributed by atoms with E-state index in [2.05, 4.69) is 34.3 Å². The van der Waals surface area contributed by atoms with Gasteiger partial charge < -0.3 is 19.1 Å². The van der Waals surface area contributed by atoms with Gasteiger partial charge in [-0.3, -0.25) is 4.79 Å². The molecule has 6 heteroatoms. The molecular weight excluding hydrogens is 402 g/mol. The highest BCUT2D eigenvalue weighted by atomic mass is 16.5. The Bertz CT molecular complexity index is 1030. The normalized spacial score (nSPS) is 13.4. The largest absolute Gasteiger partial charge is 0.489 e. The summed E-state index contributed by atoms with van der Waals surface area (Å²) >= 11 is 0. The fourth-order valence-corrected chi connectivity index (χ4v) is 4.13. The topological polar surface area (TPSA) is 58.8 Å². The van der Waals surface area contributed by atoms with E-state index in [4.69, 9.17) is 9.26 Å². The Hall–Kier alpha value is -3.28. The second-order valence-corrected chi connectivity index (χ2v) is 8.48. The Morgan fingerprint density at radius 3 is 2.50 bits per heavy atom. The number of ether oxygens (including phenoxy) is 1. The van der Waals surface area contributed by atoms with Gasteiger partial charge in [-0.05, 0) is 56.0 Å². The summed E-state index contributed by atoms with van der Waals surface area (Å²) < 4.78 is 11.0. The molecule has 32 heavy (non-hydrogen) atoms. The Morgan fingerprint density at radius 2 is 1.81 bits per heavy atom. The average Bonchev–Trinajstić information content (AvgIpc) is 3.44. The highest BCUT2D eigenvalue weighted by Gasteiger charge is 2.18. The number of rotatable bonds is 8. The minimum absolute atomic E-state index is 0.102. The minimum Gasteiger partial charge on any atom is -0.489 e. The van der Waals surface area contributed by atoms with Gasteiger partial charge in [0.15, 0.2) is 0 Å². The molecule has 1 aliphatic heterocycles. The molecule has 1 aliphatic rings. The standard InChI is InChI=1S/C26H31N3O3/c1-19-24(20(2)32-27-19)18-31-23-12-10-21(11-13-23)16-26(30)28(3)17-22-8-4-5-9-25(22)29-14-6-7-15-29/h4-5,8-13H,6-7,14-18H2,1-3H3. The van der Waals surface area contributed by atoms with Crippen molar-refractivity contribution in [2.75, 3.05) is 25.0 Å². The van der Waals surface area contributed by atoms with Crippen molar-refractivity contribution in [3.8, 4) is 5.75 Å². The molecule has 0 spiro atoms. The van der Waals surface area contributed by atoms with Crippen LogP contribution in [0.3, 0.4) is 0 Å². The van der Waals surface area contributed by atoms with Crippen LogP contribution in [0.5, 0.6) is 5.75 Å². The van der Waals surface area contributed by atoms with E-state index in [1.165, 1.54) is 24.1 Å². The van der Waals surface area contributed by atoms with Crippen LogP contribution in [-0.2, 0) is 24.4 Å². The van der Waals surface area contributed by atoms with Gasteiger partial charge in [-0.25, -0.2) is 0 Å². The zero-order chi connectivity index (χ0) is 22.5. The smallest absolute Gasteiger partial charge is 0.227 e. The number of hydrogen-bond acceptors (Lipinski definition) is 5. The Balaban J connectivity index is 1.33. The summed E-state index contributed by atoms with van der Waals surface area (Å²) in [7, 11) is 1.88. The third-order valence-electron chi connectivity index (χ3n) is 6.11. The number of nitrogens with zero attached hydrogens (tertiary/aromatic N) is 3. The van der Waals surface area contributed by atoms with Gasteiger partial charge in [0, 0.05) is 32.4 Å². The van der Waals surface area contributed by atoms with Crippen molar-refractivity contribution in [2.45, 2.75) is 46.3 Å². The first-order valence-corrected chi connectivity index (χ1v) is 11.2. The van der Waals surface area contributed by atoms with E-state index in [-0.39, 0.29) is 5.91 Å². The summed E-state index contributed by atoms with van der Waals surface area (Å²) in [4.78, 5) is 17.1.